The van der Waals surface area contributed by atoms with Gasteiger partial charge in [-0.1, -0.05) is 36.4 Å². The van der Waals surface area contributed by atoms with Crippen molar-refractivity contribution in [3.63, 3.8) is 0 Å². The molecule has 2 rings (SSSR count). The zero-order valence-electron chi connectivity index (χ0n) is 16.5. The minimum Gasteiger partial charge on any atom is -0.493 e. The SMILES string of the molecule is COC(=O)COc1ccc(C=C(C#N)C(=O)NC(C)c2ccccc2)cc1OC. The van der Waals surface area contributed by atoms with E-state index in [1.165, 1.54) is 20.3 Å². The lowest BCUT2D eigenvalue weighted by Gasteiger charge is -2.14. The third-order valence-corrected chi connectivity index (χ3v) is 4.08. The highest BCUT2D eigenvalue weighted by atomic mass is 16.6. The van der Waals surface area contributed by atoms with Crippen LogP contribution < -0.4 is 14.8 Å². The molecule has 0 spiro atoms. The molecule has 1 atom stereocenters. The van der Waals surface area contributed by atoms with Gasteiger partial charge in [-0.2, -0.15) is 5.26 Å². The van der Waals surface area contributed by atoms with Crippen LogP contribution in [-0.4, -0.2) is 32.7 Å². The van der Waals surface area contributed by atoms with Crippen LogP contribution in [0.1, 0.15) is 24.1 Å². The average molecular weight is 394 g/mol. The molecule has 0 heterocycles. The predicted octanol–water partition coefficient (Wildman–Crippen LogP) is 3.03. The van der Waals surface area contributed by atoms with E-state index in [0.29, 0.717) is 17.1 Å². The van der Waals surface area contributed by atoms with Crippen molar-refractivity contribution >= 4 is 18.0 Å². The summed E-state index contributed by atoms with van der Waals surface area (Å²) < 4.78 is 15.1. The third-order valence-electron chi connectivity index (χ3n) is 4.08. The van der Waals surface area contributed by atoms with Gasteiger partial charge in [0.15, 0.2) is 18.1 Å². The Morgan fingerprint density at radius 2 is 1.86 bits per heavy atom. The van der Waals surface area contributed by atoms with Crippen molar-refractivity contribution in [2.75, 3.05) is 20.8 Å². The number of esters is 1. The summed E-state index contributed by atoms with van der Waals surface area (Å²) in [5.41, 5.74) is 1.47. The minimum atomic E-state index is -0.521. The first-order valence-electron chi connectivity index (χ1n) is 8.83. The van der Waals surface area contributed by atoms with Gasteiger partial charge in [-0.05, 0) is 36.3 Å². The molecule has 0 saturated heterocycles. The van der Waals surface area contributed by atoms with Crippen molar-refractivity contribution in [1.29, 1.82) is 5.26 Å². The lowest BCUT2D eigenvalue weighted by atomic mass is 10.1. The van der Waals surface area contributed by atoms with E-state index in [1.54, 1.807) is 18.2 Å². The number of hydrogen-bond acceptors (Lipinski definition) is 6. The van der Waals surface area contributed by atoms with Crippen LogP contribution in [-0.2, 0) is 14.3 Å². The summed E-state index contributed by atoms with van der Waals surface area (Å²) in [6.07, 6.45) is 1.46. The Morgan fingerprint density at radius 3 is 2.48 bits per heavy atom. The maximum absolute atomic E-state index is 12.5. The number of ether oxygens (including phenoxy) is 3. The van der Waals surface area contributed by atoms with Crippen LogP contribution in [0, 0.1) is 11.3 Å². The third kappa shape index (κ3) is 6.11. The molecule has 7 nitrogen and oxygen atoms in total. The zero-order valence-corrected chi connectivity index (χ0v) is 16.5. The highest BCUT2D eigenvalue weighted by molar-refractivity contribution is 6.01. The van der Waals surface area contributed by atoms with Crippen LogP contribution in [0.2, 0.25) is 0 Å². The van der Waals surface area contributed by atoms with Gasteiger partial charge in [0.1, 0.15) is 11.6 Å². The Bertz CT molecular complexity index is 932. The zero-order chi connectivity index (χ0) is 21.2. The minimum absolute atomic E-state index is 0.0435. The summed E-state index contributed by atoms with van der Waals surface area (Å²) in [6, 6.07) is 16.0. The average Bonchev–Trinajstić information content (AvgIpc) is 2.76. The van der Waals surface area contributed by atoms with Gasteiger partial charge in [0.05, 0.1) is 20.3 Å². The van der Waals surface area contributed by atoms with Gasteiger partial charge in [-0.25, -0.2) is 4.79 Å². The molecule has 7 heteroatoms. The van der Waals surface area contributed by atoms with E-state index in [0.717, 1.165) is 5.56 Å². The number of benzene rings is 2. The Balaban J connectivity index is 2.16. The molecule has 0 fully saturated rings. The van der Waals surface area contributed by atoms with Gasteiger partial charge < -0.3 is 19.5 Å². The fourth-order valence-corrected chi connectivity index (χ4v) is 2.50. The Kier molecular flexibility index (Phi) is 7.80. The Morgan fingerprint density at radius 1 is 1.14 bits per heavy atom. The van der Waals surface area contributed by atoms with Crippen LogP contribution in [0.3, 0.4) is 0 Å². The van der Waals surface area contributed by atoms with Gasteiger partial charge in [-0.15, -0.1) is 0 Å². The molecule has 2 aromatic carbocycles. The maximum Gasteiger partial charge on any atom is 0.343 e. The second kappa shape index (κ2) is 10.5. The second-order valence-electron chi connectivity index (χ2n) is 6.05. The molecule has 150 valence electrons. The molecule has 0 aliphatic carbocycles. The van der Waals surface area contributed by atoms with Gasteiger partial charge >= 0.3 is 5.97 Å². The quantitative estimate of drug-likeness (QED) is 0.420. The molecular formula is C22H22N2O5. The van der Waals surface area contributed by atoms with Crippen molar-refractivity contribution < 1.29 is 23.8 Å². The van der Waals surface area contributed by atoms with E-state index in [4.69, 9.17) is 9.47 Å². The monoisotopic (exact) mass is 394 g/mol. The maximum atomic E-state index is 12.5. The van der Waals surface area contributed by atoms with Gasteiger partial charge in [-0.3, -0.25) is 4.79 Å². The van der Waals surface area contributed by atoms with Crippen molar-refractivity contribution in [2.45, 2.75) is 13.0 Å². The van der Waals surface area contributed by atoms with Crippen molar-refractivity contribution in [3.05, 3.63) is 65.2 Å². The lowest BCUT2D eigenvalue weighted by Crippen LogP contribution is -2.27. The molecule has 0 aromatic heterocycles. The number of nitrogens with one attached hydrogen (secondary N) is 1. The first-order valence-corrected chi connectivity index (χ1v) is 8.83. The number of hydrogen-bond donors (Lipinski definition) is 1. The standard InChI is InChI=1S/C22H22N2O5/c1-15(17-7-5-4-6-8-17)24-22(26)18(13-23)11-16-9-10-19(20(12-16)27-2)29-14-21(25)28-3/h4-12,15H,14H2,1-3H3,(H,24,26). The van der Waals surface area contributed by atoms with Gasteiger partial charge in [0, 0.05) is 0 Å². The summed E-state index contributed by atoms with van der Waals surface area (Å²) in [7, 11) is 2.72. The molecule has 0 aliphatic rings. The Hall–Kier alpha value is -3.79. The number of carbonyl (C=O) groups excluding carboxylic acids is 2. The van der Waals surface area contributed by atoms with E-state index < -0.39 is 11.9 Å². The number of nitriles is 1. The number of rotatable bonds is 8. The van der Waals surface area contributed by atoms with Crippen LogP contribution in [0.15, 0.2) is 54.1 Å². The molecule has 0 aliphatic heterocycles. The summed E-state index contributed by atoms with van der Waals surface area (Å²) in [5, 5.41) is 12.2. The molecule has 29 heavy (non-hydrogen) atoms. The topological polar surface area (TPSA) is 97.7 Å². The summed E-state index contributed by atoms with van der Waals surface area (Å²) in [4.78, 5) is 23.7. The fraction of sp³-hybridized carbons (Fsp3) is 0.227. The second-order valence-corrected chi connectivity index (χ2v) is 6.05. The summed E-state index contributed by atoms with van der Waals surface area (Å²) in [6.45, 7) is 1.59. The highest BCUT2D eigenvalue weighted by Gasteiger charge is 2.14. The summed E-state index contributed by atoms with van der Waals surface area (Å²) >= 11 is 0. The van der Waals surface area contributed by atoms with Crippen molar-refractivity contribution in [2.24, 2.45) is 0 Å². The number of carbonyl (C=O) groups is 2. The smallest absolute Gasteiger partial charge is 0.343 e. The first kappa shape index (κ1) is 21.5. The largest absolute Gasteiger partial charge is 0.493 e. The number of methoxy groups -OCH3 is 2. The molecule has 1 amide bonds. The van der Waals surface area contributed by atoms with Crippen LogP contribution in [0.5, 0.6) is 11.5 Å². The van der Waals surface area contributed by atoms with E-state index in [9.17, 15) is 14.9 Å². The van der Waals surface area contributed by atoms with Crippen molar-refractivity contribution in [1.82, 2.24) is 5.32 Å². The van der Waals surface area contributed by atoms with E-state index in [2.05, 4.69) is 10.1 Å². The van der Waals surface area contributed by atoms with E-state index in [-0.39, 0.29) is 18.2 Å². The van der Waals surface area contributed by atoms with E-state index >= 15 is 0 Å². The Labute approximate surface area is 169 Å². The lowest BCUT2D eigenvalue weighted by molar-refractivity contribution is -0.142. The molecular weight excluding hydrogens is 372 g/mol. The molecule has 2 aromatic rings. The van der Waals surface area contributed by atoms with Gasteiger partial charge in [0.2, 0.25) is 0 Å². The summed E-state index contributed by atoms with van der Waals surface area (Å²) in [5.74, 6) is -0.297. The normalized spacial score (nSPS) is 11.7. The molecule has 1 N–H and O–H groups in total. The highest BCUT2D eigenvalue weighted by Crippen LogP contribution is 2.29. The number of nitrogens with zero attached hydrogens (tertiary/aromatic N) is 1. The molecule has 0 radical (unpaired) electrons. The molecule has 0 saturated carbocycles. The molecule has 1 unspecified atom stereocenters. The van der Waals surface area contributed by atoms with Crippen LogP contribution in [0.25, 0.3) is 6.08 Å². The fourth-order valence-electron chi connectivity index (χ4n) is 2.50. The predicted molar refractivity (Wildman–Crippen MR) is 107 cm³/mol. The van der Waals surface area contributed by atoms with Gasteiger partial charge in [0.25, 0.3) is 5.91 Å². The number of amides is 1. The first-order chi connectivity index (χ1) is 14.0. The van der Waals surface area contributed by atoms with Crippen molar-refractivity contribution in [3.8, 4) is 17.6 Å². The van der Waals surface area contributed by atoms with Crippen LogP contribution >= 0.6 is 0 Å². The van der Waals surface area contributed by atoms with Crippen LogP contribution in [0.4, 0.5) is 0 Å². The van der Waals surface area contributed by atoms with E-state index in [1.807, 2.05) is 43.3 Å². The molecule has 0 bridgehead atoms.